The van der Waals surface area contributed by atoms with Gasteiger partial charge in [0.15, 0.2) is 5.65 Å². The molecule has 0 spiro atoms. The first kappa shape index (κ1) is 18.5. The largest absolute Gasteiger partial charge is 0.433 e. The summed E-state index contributed by atoms with van der Waals surface area (Å²) in [5, 5.41) is 9.34. The second kappa shape index (κ2) is 7.17. The molecule has 0 aliphatic heterocycles. The lowest BCUT2D eigenvalue weighted by Crippen LogP contribution is -2.31. The van der Waals surface area contributed by atoms with E-state index in [1.807, 2.05) is 0 Å². The van der Waals surface area contributed by atoms with Gasteiger partial charge in [-0.15, -0.1) is 0 Å². The van der Waals surface area contributed by atoms with Gasteiger partial charge in [0, 0.05) is 24.9 Å². The number of nitrogens with one attached hydrogen (secondary N) is 2. The molecule has 3 heterocycles. The number of anilines is 1. The Morgan fingerprint density at radius 3 is 2.74 bits per heavy atom. The molecule has 2 amide bonds. The average molecular weight is 379 g/mol. The molecule has 0 radical (unpaired) electrons. The molecule has 0 saturated carbocycles. The molecule has 11 heteroatoms. The van der Waals surface area contributed by atoms with Gasteiger partial charge in [0.05, 0.1) is 5.69 Å². The fourth-order valence-corrected chi connectivity index (χ4v) is 2.45. The Kier molecular flexibility index (Phi) is 4.93. The molecule has 2 N–H and O–H groups in total. The van der Waals surface area contributed by atoms with E-state index in [9.17, 15) is 18.0 Å². The summed E-state index contributed by atoms with van der Waals surface area (Å²) in [5.74, 6) is 0.569. The third-order valence-electron chi connectivity index (χ3n) is 3.54. The molecule has 0 fully saturated rings. The highest BCUT2D eigenvalue weighted by molar-refractivity contribution is 5.92. The van der Waals surface area contributed by atoms with E-state index in [1.165, 1.54) is 11.4 Å². The molecule has 3 aromatic rings. The van der Waals surface area contributed by atoms with Crippen molar-refractivity contribution in [2.75, 3.05) is 11.9 Å². The zero-order chi connectivity index (χ0) is 19.6. The first-order valence-electron chi connectivity index (χ1n) is 8.01. The third kappa shape index (κ3) is 4.49. The van der Waals surface area contributed by atoms with Gasteiger partial charge >= 0.3 is 12.2 Å². The van der Waals surface area contributed by atoms with Gasteiger partial charge in [0.2, 0.25) is 0 Å². The van der Waals surface area contributed by atoms with Crippen LogP contribution in [0.1, 0.15) is 23.0 Å². The number of alkyl halides is 3. The monoisotopic (exact) mass is 379 g/mol. The molecule has 0 aliphatic carbocycles. The van der Waals surface area contributed by atoms with Gasteiger partial charge in [-0.1, -0.05) is 0 Å². The van der Waals surface area contributed by atoms with Crippen molar-refractivity contribution in [2.24, 2.45) is 0 Å². The number of halogens is 3. The number of hydrogen-bond donors (Lipinski definition) is 2. The summed E-state index contributed by atoms with van der Waals surface area (Å²) >= 11 is 0. The Morgan fingerprint density at radius 2 is 2.00 bits per heavy atom. The highest BCUT2D eigenvalue weighted by Crippen LogP contribution is 2.27. The second-order valence-electron chi connectivity index (χ2n) is 5.79. The lowest BCUT2D eigenvalue weighted by atomic mass is 10.3. The van der Waals surface area contributed by atoms with Gasteiger partial charge < -0.3 is 10.6 Å². The van der Waals surface area contributed by atoms with Crippen LogP contribution in [0, 0.1) is 13.8 Å². The number of carbonyl (C=O) groups excluding carboxylic acids is 1. The minimum atomic E-state index is -4.54. The minimum absolute atomic E-state index is 0.0119. The first-order valence-corrected chi connectivity index (χ1v) is 8.01. The van der Waals surface area contributed by atoms with E-state index in [-0.39, 0.29) is 24.5 Å². The maximum absolute atomic E-state index is 12.8. The van der Waals surface area contributed by atoms with E-state index in [2.05, 4.69) is 30.7 Å². The maximum Gasteiger partial charge on any atom is 0.433 e. The standard InChI is InChI=1S/C16H16F3N7O/c1-9-8-12(16(17,18)19)24-13(21-9)5-6-20-15(27)23-11-4-3-7-26-14(11)22-10(2)25-26/h3-4,7-8H,5-6H2,1-2H3,(H2,20,23,27). The van der Waals surface area contributed by atoms with Crippen molar-refractivity contribution < 1.29 is 18.0 Å². The Hall–Kier alpha value is -3.24. The van der Waals surface area contributed by atoms with E-state index >= 15 is 0 Å². The van der Waals surface area contributed by atoms with Gasteiger partial charge in [-0.3, -0.25) is 0 Å². The fourth-order valence-electron chi connectivity index (χ4n) is 2.45. The Balaban J connectivity index is 1.61. The smallest absolute Gasteiger partial charge is 0.337 e. The number of amides is 2. The predicted octanol–water partition coefficient (Wildman–Crippen LogP) is 2.52. The highest BCUT2D eigenvalue weighted by Gasteiger charge is 2.33. The molecule has 0 unspecified atom stereocenters. The van der Waals surface area contributed by atoms with Crippen LogP contribution < -0.4 is 10.6 Å². The summed E-state index contributed by atoms with van der Waals surface area (Å²) in [7, 11) is 0. The number of rotatable bonds is 4. The predicted molar refractivity (Wildman–Crippen MR) is 90.2 cm³/mol. The van der Waals surface area contributed by atoms with E-state index in [4.69, 9.17) is 0 Å². The number of nitrogens with zero attached hydrogens (tertiary/aromatic N) is 5. The van der Waals surface area contributed by atoms with Crippen molar-refractivity contribution in [3.63, 3.8) is 0 Å². The summed E-state index contributed by atoms with van der Waals surface area (Å²) in [5.41, 5.74) is 0.165. The van der Waals surface area contributed by atoms with Crippen LogP contribution in [0.3, 0.4) is 0 Å². The Bertz CT molecular complexity index is 984. The number of carbonyl (C=O) groups is 1. The van der Waals surface area contributed by atoms with E-state index in [0.717, 1.165) is 6.07 Å². The summed E-state index contributed by atoms with van der Waals surface area (Å²) in [4.78, 5) is 23.7. The minimum Gasteiger partial charge on any atom is -0.337 e. The number of aryl methyl sites for hydroxylation is 2. The van der Waals surface area contributed by atoms with Crippen LogP contribution in [0.15, 0.2) is 24.4 Å². The topological polar surface area (TPSA) is 97.1 Å². The SMILES string of the molecule is Cc1cc(C(F)(F)F)nc(CCNC(=O)Nc2cccn3nc(C)nc23)n1. The summed E-state index contributed by atoms with van der Waals surface area (Å²) in [6.45, 7) is 3.26. The summed E-state index contributed by atoms with van der Waals surface area (Å²) in [6.07, 6.45) is -2.78. The van der Waals surface area contributed by atoms with Crippen LogP contribution in [-0.2, 0) is 12.6 Å². The lowest BCUT2D eigenvalue weighted by Gasteiger charge is -2.10. The normalized spacial score (nSPS) is 11.6. The van der Waals surface area contributed by atoms with Crippen molar-refractivity contribution in [3.8, 4) is 0 Å². The van der Waals surface area contributed by atoms with Crippen LogP contribution in [0.4, 0.5) is 23.7 Å². The molecule has 0 atom stereocenters. The Labute approximate surface area is 151 Å². The molecule has 0 saturated heterocycles. The van der Waals surface area contributed by atoms with Gasteiger partial charge in [-0.25, -0.2) is 24.3 Å². The molecule has 27 heavy (non-hydrogen) atoms. The van der Waals surface area contributed by atoms with E-state index in [0.29, 0.717) is 17.2 Å². The maximum atomic E-state index is 12.8. The van der Waals surface area contributed by atoms with Gasteiger partial charge in [-0.2, -0.15) is 18.3 Å². The number of urea groups is 1. The lowest BCUT2D eigenvalue weighted by molar-refractivity contribution is -0.141. The van der Waals surface area contributed by atoms with E-state index in [1.54, 1.807) is 25.3 Å². The number of aromatic nitrogens is 5. The van der Waals surface area contributed by atoms with Crippen LogP contribution in [-0.4, -0.2) is 37.1 Å². The van der Waals surface area contributed by atoms with E-state index < -0.39 is 17.9 Å². The molecule has 0 aromatic carbocycles. The first-order chi connectivity index (χ1) is 12.7. The molecule has 3 rings (SSSR count). The molecule has 0 aliphatic rings. The molecule has 0 bridgehead atoms. The highest BCUT2D eigenvalue weighted by atomic mass is 19.4. The third-order valence-corrected chi connectivity index (χ3v) is 3.54. The second-order valence-corrected chi connectivity index (χ2v) is 5.79. The van der Waals surface area contributed by atoms with Crippen molar-refractivity contribution in [1.29, 1.82) is 0 Å². The molecular formula is C16H16F3N7O. The fraction of sp³-hybridized carbons (Fsp3) is 0.312. The van der Waals surface area contributed by atoms with Crippen LogP contribution in [0.25, 0.3) is 5.65 Å². The van der Waals surface area contributed by atoms with Crippen LogP contribution >= 0.6 is 0 Å². The molecular weight excluding hydrogens is 363 g/mol. The summed E-state index contributed by atoms with van der Waals surface area (Å²) < 4.78 is 39.9. The van der Waals surface area contributed by atoms with Crippen molar-refractivity contribution in [1.82, 2.24) is 29.9 Å². The molecule has 8 nitrogen and oxygen atoms in total. The van der Waals surface area contributed by atoms with Crippen molar-refractivity contribution in [2.45, 2.75) is 26.4 Å². The van der Waals surface area contributed by atoms with Crippen LogP contribution in [0.5, 0.6) is 0 Å². The quantitative estimate of drug-likeness (QED) is 0.726. The van der Waals surface area contributed by atoms with Gasteiger partial charge in [0.25, 0.3) is 0 Å². The average Bonchev–Trinajstić information content (AvgIpc) is 2.95. The zero-order valence-electron chi connectivity index (χ0n) is 14.5. The summed E-state index contributed by atoms with van der Waals surface area (Å²) in [6, 6.07) is 3.73. The van der Waals surface area contributed by atoms with Crippen molar-refractivity contribution >= 4 is 17.4 Å². The molecule has 3 aromatic heterocycles. The van der Waals surface area contributed by atoms with Gasteiger partial charge in [-0.05, 0) is 32.0 Å². The zero-order valence-corrected chi connectivity index (χ0v) is 14.5. The molecule has 142 valence electrons. The van der Waals surface area contributed by atoms with Crippen molar-refractivity contribution in [3.05, 3.63) is 47.4 Å². The number of hydrogen-bond acceptors (Lipinski definition) is 5. The van der Waals surface area contributed by atoms with Crippen LogP contribution in [0.2, 0.25) is 0 Å². The number of pyridine rings is 1. The Morgan fingerprint density at radius 1 is 1.22 bits per heavy atom. The number of fused-ring (bicyclic) bond motifs is 1. The van der Waals surface area contributed by atoms with Gasteiger partial charge in [0.1, 0.15) is 17.3 Å².